The average Bonchev–Trinajstić information content (AvgIpc) is 3.41. The van der Waals surface area contributed by atoms with Crippen LogP contribution in [0.4, 0.5) is 0 Å². The predicted molar refractivity (Wildman–Crippen MR) is 142 cm³/mol. The number of carbonyl (C=O) groups excluding carboxylic acids is 2. The van der Waals surface area contributed by atoms with E-state index in [4.69, 9.17) is 44.3 Å². The maximum absolute atomic E-state index is 13.1. The lowest BCUT2D eigenvalue weighted by atomic mass is 10.0. The van der Waals surface area contributed by atoms with Gasteiger partial charge in [0.05, 0.1) is 21.6 Å². The van der Waals surface area contributed by atoms with Crippen molar-refractivity contribution in [3.8, 4) is 17.2 Å². The number of ether oxygens (including phenoxy) is 2. The summed E-state index contributed by atoms with van der Waals surface area (Å²) in [6.45, 7) is -0.618. The first-order valence-electron chi connectivity index (χ1n) is 11.3. The topological polar surface area (TPSA) is 166 Å². The van der Waals surface area contributed by atoms with Crippen LogP contribution in [0.5, 0.6) is 17.2 Å². The Labute approximate surface area is 243 Å². The van der Waals surface area contributed by atoms with E-state index in [1.807, 2.05) is 0 Å². The van der Waals surface area contributed by atoms with Gasteiger partial charge in [-0.25, -0.2) is 9.48 Å². The molecular weight excluding hydrogens is 611 g/mol. The van der Waals surface area contributed by atoms with Crippen LogP contribution in [0.2, 0.25) is 15.1 Å². The van der Waals surface area contributed by atoms with Crippen molar-refractivity contribution in [2.24, 2.45) is 0 Å². The van der Waals surface area contributed by atoms with Crippen molar-refractivity contribution in [1.29, 1.82) is 0 Å². The van der Waals surface area contributed by atoms with Gasteiger partial charge in [0, 0.05) is 21.7 Å². The molecule has 3 atom stereocenters. The second kappa shape index (κ2) is 11.4. The number of nitrogens with zero attached hydrogens (tertiary/aromatic N) is 5. The van der Waals surface area contributed by atoms with Crippen LogP contribution in [0.25, 0.3) is 0 Å². The second-order valence-electron chi connectivity index (χ2n) is 8.49. The van der Waals surface area contributed by atoms with E-state index >= 15 is 0 Å². The highest BCUT2D eigenvalue weighted by atomic mass is 35.5. The number of carboxylic acids is 1. The van der Waals surface area contributed by atoms with Gasteiger partial charge in [-0.05, 0) is 40.8 Å². The van der Waals surface area contributed by atoms with Crippen molar-refractivity contribution in [2.75, 3.05) is 12.4 Å². The molecule has 1 aromatic heterocycles. The molecule has 208 valence electrons. The SMILES string of the molecule is O=C(Cn1cnnn1)NC1C(=O)N2C(C(=O)O)=C(COc3cc(Cl)ccc3Oc3ccc(Cl)cc3Cl)CS(=O)[C@H]12. The number of hydrogen-bond donors (Lipinski definition) is 2. The number of fused-ring (bicyclic) bond motifs is 1. The molecular formula is C23H17Cl3N6O7S. The molecule has 2 N–H and O–H groups in total. The molecule has 13 nitrogen and oxygen atoms in total. The maximum Gasteiger partial charge on any atom is 0.352 e. The van der Waals surface area contributed by atoms with Crippen LogP contribution in [0.15, 0.2) is 54.0 Å². The molecule has 0 spiro atoms. The van der Waals surface area contributed by atoms with Gasteiger partial charge in [0.2, 0.25) is 5.91 Å². The number of hydrogen-bond acceptors (Lipinski definition) is 9. The first-order valence-corrected chi connectivity index (χ1v) is 13.8. The molecule has 17 heteroatoms. The van der Waals surface area contributed by atoms with Crippen LogP contribution in [0.1, 0.15) is 0 Å². The van der Waals surface area contributed by atoms with Crippen LogP contribution < -0.4 is 14.8 Å². The Bertz CT molecular complexity index is 1570. The van der Waals surface area contributed by atoms with Gasteiger partial charge in [-0.1, -0.05) is 34.8 Å². The molecule has 2 amide bonds. The van der Waals surface area contributed by atoms with Gasteiger partial charge in [-0.3, -0.25) is 18.7 Å². The van der Waals surface area contributed by atoms with Crippen LogP contribution >= 0.6 is 34.8 Å². The van der Waals surface area contributed by atoms with E-state index in [1.54, 1.807) is 18.2 Å². The number of β-lactam (4-membered cyclic amide) rings is 1. The summed E-state index contributed by atoms with van der Waals surface area (Å²) in [5, 5.41) is 22.7. The molecule has 5 rings (SSSR count). The first-order chi connectivity index (χ1) is 19.1. The third kappa shape index (κ3) is 5.61. The molecule has 0 aliphatic carbocycles. The number of aliphatic carboxylic acids is 1. The standard InChI is InChI=1S/C23H17Cl3N6O7S/c24-12-1-3-15(14(26)5-12)39-16-4-2-13(25)6-17(16)38-8-11-9-40(37)22-19(21(34)32(22)20(11)23(35)36)28-18(33)7-31-10-27-29-30-31/h1-6,10,19,22H,7-9H2,(H,28,33)(H,35,36)/t19?,22-,40?/m1/s1. The highest BCUT2D eigenvalue weighted by molar-refractivity contribution is 7.86. The number of benzene rings is 2. The van der Waals surface area contributed by atoms with Gasteiger partial charge in [0.1, 0.15) is 42.3 Å². The molecule has 2 aromatic carbocycles. The summed E-state index contributed by atoms with van der Waals surface area (Å²) in [5.74, 6) is -2.31. The fraction of sp³-hybridized carbons (Fsp3) is 0.217. The fourth-order valence-electron chi connectivity index (χ4n) is 4.10. The van der Waals surface area contributed by atoms with Crippen molar-refractivity contribution in [3.05, 3.63) is 69.1 Å². The highest BCUT2D eigenvalue weighted by Gasteiger charge is 2.57. The summed E-state index contributed by atoms with van der Waals surface area (Å²) in [4.78, 5) is 38.3. The molecule has 2 aliphatic heterocycles. The Kier molecular flexibility index (Phi) is 7.94. The Hall–Kier alpha value is -3.72. The zero-order valence-electron chi connectivity index (χ0n) is 20.0. The van der Waals surface area contributed by atoms with Gasteiger partial charge in [-0.15, -0.1) is 5.10 Å². The van der Waals surface area contributed by atoms with Crippen LogP contribution in [-0.4, -0.2) is 76.0 Å². The number of nitrogens with one attached hydrogen (secondary N) is 1. The quantitative estimate of drug-likeness (QED) is 0.336. The van der Waals surface area contributed by atoms with E-state index in [9.17, 15) is 23.7 Å². The number of carboxylic acid groups (broad SMARTS) is 1. The van der Waals surface area contributed by atoms with E-state index < -0.39 is 40.0 Å². The van der Waals surface area contributed by atoms with E-state index in [1.165, 1.54) is 24.5 Å². The van der Waals surface area contributed by atoms with Gasteiger partial charge in [0.15, 0.2) is 11.5 Å². The zero-order chi connectivity index (χ0) is 28.6. The van der Waals surface area contributed by atoms with Crippen molar-refractivity contribution in [2.45, 2.75) is 18.0 Å². The van der Waals surface area contributed by atoms with Crippen molar-refractivity contribution < 1.29 is 33.2 Å². The van der Waals surface area contributed by atoms with E-state index in [0.29, 0.717) is 10.0 Å². The largest absolute Gasteiger partial charge is 0.485 e. The number of aromatic nitrogens is 4. The number of carbonyl (C=O) groups is 3. The molecule has 1 saturated heterocycles. The van der Waals surface area contributed by atoms with E-state index in [-0.39, 0.29) is 52.4 Å². The molecule has 0 bridgehead atoms. The molecule has 3 heterocycles. The van der Waals surface area contributed by atoms with Gasteiger partial charge >= 0.3 is 5.97 Å². The van der Waals surface area contributed by atoms with E-state index in [2.05, 4.69) is 20.8 Å². The summed E-state index contributed by atoms with van der Waals surface area (Å²) in [7, 11) is -1.75. The van der Waals surface area contributed by atoms with Crippen molar-refractivity contribution in [3.63, 3.8) is 0 Å². The number of halogens is 3. The third-order valence-electron chi connectivity index (χ3n) is 5.84. The monoisotopic (exact) mass is 626 g/mol. The minimum Gasteiger partial charge on any atom is -0.485 e. The summed E-state index contributed by atoms with van der Waals surface area (Å²) in [6.07, 6.45) is 1.21. The molecule has 0 saturated carbocycles. The molecule has 3 aromatic rings. The molecule has 1 fully saturated rings. The smallest absolute Gasteiger partial charge is 0.352 e. The van der Waals surface area contributed by atoms with Crippen LogP contribution in [0.3, 0.4) is 0 Å². The molecule has 0 radical (unpaired) electrons. The molecule has 2 unspecified atom stereocenters. The second-order valence-corrected chi connectivity index (χ2v) is 11.3. The lowest BCUT2D eigenvalue weighted by molar-refractivity contribution is -0.151. The summed E-state index contributed by atoms with van der Waals surface area (Å²) >= 11 is 18.3. The van der Waals surface area contributed by atoms with Gasteiger partial charge in [0.25, 0.3) is 5.91 Å². The van der Waals surface area contributed by atoms with E-state index in [0.717, 1.165) is 9.58 Å². The number of amides is 2. The summed E-state index contributed by atoms with van der Waals surface area (Å²) in [5.41, 5.74) is -0.268. The molecule has 40 heavy (non-hydrogen) atoms. The number of rotatable bonds is 9. The zero-order valence-corrected chi connectivity index (χ0v) is 23.1. The predicted octanol–water partition coefficient (Wildman–Crippen LogP) is 2.26. The minimum atomic E-state index is -1.75. The summed E-state index contributed by atoms with van der Waals surface area (Å²) in [6, 6.07) is 8.02. The first kappa shape index (κ1) is 27.8. The maximum atomic E-state index is 13.1. The lowest BCUT2D eigenvalue weighted by Crippen LogP contribution is -2.73. The highest BCUT2D eigenvalue weighted by Crippen LogP contribution is 2.39. The third-order valence-corrected chi connectivity index (χ3v) is 8.26. The normalized spacial score (nSPS) is 20.0. The van der Waals surface area contributed by atoms with Crippen LogP contribution in [0, 0.1) is 0 Å². The van der Waals surface area contributed by atoms with Gasteiger partial charge in [-0.2, -0.15) is 0 Å². The Morgan fingerprint density at radius 2 is 1.82 bits per heavy atom. The Morgan fingerprint density at radius 1 is 1.10 bits per heavy atom. The van der Waals surface area contributed by atoms with Crippen molar-refractivity contribution in [1.82, 2.24) is 30.4 Å². The minimum absolute atomic E-state index is 0.101. The lowest BCUT2D eigenvalue weighted by Gasteiger charge is -2.49. The molecule has 2 aliphatic rings. The summed E-state index contributed by atoms with van der Waals surface area (Å²) < 4.78 is 25.9. The Morgan fingerprint density at radius 3 is 2.50 bits per heavy atom. The Balaban J connectivity index is 1.34. The van der Waals surface area contributed by atoms with Crippen LogP contribution in [-0.2, 0) is 31.7 Å². The fourth-order valence-corrected chi connectivity index (χ4v) is 6.38. The van der Waals surface area contributed by atoms with Crippen molar-refractivity contribution >= 4 is 63.4 Å². The average molecular weight is 628 g/mol. The van der Waals surface area contributed by atoms with Gasteiger partial charge < -0.3 is 19.9 Å². The number of tetrazole rings is 1.